The van der Waals surface area contributed by atoms with Gasteiger partial charge in [0.2, 0.25) is 0 Å². The molecule has 0 atom stereocenters. The van der Waals surface area contributed by atoms with Gasteiger partial charge in [-0.05, 0) is 82.2 Å². The second-order valence-corrected chi connectivity index (χ2v) is 14.6. The first-order valence-corrected chi connectivity index (χ1v) is 17.6. The Hall–Kier alpha value is -5.50. The van der Waals surface area contributed by atoms with E-state index in [1.54, 1.807) is 0 Å². The molecule has 0 bridgehead atoms. The lowest BCUT2D eigenvalue weighted by Gasteiger charge is -2.22. The molecule has 1 heterocycles. The summed E-state index contributed by atoms with van der Waals surface area (Å²) in [5.41, 5.74) is 12.0. The molecule has 0 unspecified atom stereocenters. The molecule has 226 valence electrons. The number of rotatable bonds is 3. The van der Waals surface area contributed by atoms with E-state index in [2.05, 4.69) is 172 Å². The van der Waals surface area contributed by atoms with Crippen LogP contribution in [-0.2, 0) is 5.41 Å². The number of hydrogen-bond acceptors (Lipinski definition) is 1. The molecular weight excluding hydrogens is 597 g/mol. The zero-order valence-corrected chi connectivity index (χ0v) is 27.7. The van der Waals surface area contributed by atoms with Crippen molar-refractivity contribution in [1.82, 2.24) is 0 Å². The standard InChI is InChI=1S/C47H32S/c1-47(2)41-24-10-9-20-38(41)46-44(47)40-23-12-22-39(45(40)48-46)43-36-18-7-5-16-34(36)42(35-17-6-8-19-37(35)43)31-27-25-30(26-28-31)33-21-11-14-29-13-3-4-15-32(29)33/h3-28H,1-2H3. The average molecular weight is 629 g/mol. The summed E-state index contributed by atoms with van der Waals surface area (Å²) >= 11 is 1.97. The van der Waals surface area contributed by atoms with Crippen LogP contribution >= 0.6 is 11.3 Å². The van der Waals surface area contributed by atoms with Gasteiger partial charge in [-0.2, -0.15) is 0 Å². The normalized spacial score (nSPS) is 13.4. The third-order valence-electron chi connectivity index (χ3n) is 10.7. The zero-order valence-electron chi connectivity index (χ0n) is 26.9. The summed E-state index contributed by atoms with van der Waals surface area (Å²) < 4.78 is 1.38. The molecule has 9 aromatic rings. The minimum Gasteiger partial charge on any atom is -0.134 e. The van der Waals surface area contributed by atoms with E-state index in [-0.39, 0.29) is 5.41 Å². The lowest BCUT2D eigenvalue weighted by atomic mass is 9.81. The topological polar surface area (TPSA) is 0 Å². The van der Waals surface area contributed by atoms with Gasteiger partial charge in [0.1, 0.15) is 0 Å². The van der Waals surface area contributed by atoms with Gasteiger partial charge in [0.05, 0.1) is 0 Å². The van der Waals surface area contributed by atoms with Crippen LogP contribution in [0.3, 0.4) is 0 Å². The molecule has 1 aliphatic rings. The molecule has 1 aromatic heterocycles. The van der Waals surface area contributed by atoms with E-state index in [0.717, 1.165) is 0 Å². The van der Waals surface area contributed by atoms with Crippen LogP contribution in [0.25, 0.3) is 86.2 Å². The SMILES string of the molecule is CC1(C)c2ccccc2-c2sc3c(-c4c5ccccc5c(-c5ccc(-c6cccc7ccccc67)cc5)c5ccccc45)cccc3c21. The summed E-state index contributed by atoms with van der Waals surface area (Å²) in [7, 11) is 0. The predicted molar refractivity (Wildman–Crippen MR) is 208 cm³/mol. The molecule has 0 spiro atoms. The molecule has 0 saturated carbocycles. The van der Waals surface area contributed by atoms with Crippen molar-refractivity contribution >= 4 is 53.7 Å². The minimum atomic E-state index is -0.0327. The monoisotopic (exact) mass is 628 g/mol. The van der Waals surface area contributed by atoms with Crippen LogP contribution in [0.4, 0.5) is 0 Å². The van der Waals surface area contributed by atoms with Crippen molar-refractivity contribution in [3.8, 4) is 43.8 Å². The Morgan fingerprint density at radius 2 is 0.896 bits per heavy atom. The Morgan fingerprint density at radius 1 is 0.396 bits per heavy atom. The first-order valence-electron chi connectivity index (χ1n) is 16.8. The molecule has 0 N–H and O–H groups in total. The second-order valence-electron chi connectivity index (χ2n) is 13.6. The fraction of sp³-hybridized carbons (Fsp3) is 0.0638. The highest BCUT2D eigenvalue weighted by atomic mass is 32.1. The number of hydrogen-bond donors (Lipinski definition) is 0. The van der Waals surface area contributed by atoms with Crippen LogP contribution in [0, 0.1) is 0 Å². The molecule has 0 aliphatic heterocycles. The van der Waals surface area contributed by atoms with Crippen LogP contribution in [0.2, 0.25) is 0 Å². The van der Waals surface area contributed by atoms with Gasteiger partial charge in [-0.3, -0.25) is 0 Å². The third kappa shape index (κ3) is 3.83. The van der Waals surface area contributed by atoms with Crippen LogP contribution in [0.1, 0.15) is 25.0 Å². The predicted octanol–water partition coefficient (Wildman–Crippen LogP) is 13.7. The van der Waals surface area contributed by atoms with E-state index in [1.165, 1.54) is 97.4 Å². The van der Waals surface area contributed by atoms with Gasteiger partial charge in [-0.25, -0.2) is 0 Å². The van der Waals surface area contributed by atoms with Gasteiger partial charge in [0.25, 0.3) is 0 Å². The average Bonchev–Trinajstić information content (AvgIpc) is 3.64. The summed E-state index contributed by atoms with van der Waals surface area (Å²) in [5.74, 6) is 0. The van der Waals surface area contributed by atoms with Gasteiger partial charge in [-0.15, -0.1) is 11.3 Å². The second kappa shape index (κ2) is 10.2. The van der Waals surface area contributed by atoms with Gasteiger partial charge in [0, 0.05) is 20.6 Å². The molecule has 1 heteroatoms. The van der Waals surface area contributed by atoms with Crippen molar-refractivity contribution in [2.75, 3.05) is 0 Å². The van der Waals surface area contributed by atoms with Gasteiger partial charge in [-0.1, -0.05) is 172 Å². The molecular formula is C47H32S. The third-order valence-corrected chi connectivity index (χ3v) is 11.9. The van der Waals surface area contributed by atoms with Crippen LogP contribution in [0.5, 0.6) is 0 Å². The molecule has 0 saturated heterocycles. The molecule has 0 amide bonds. The van der Waals surface area contributed by atoms with E-state index in [0.29, 0.717) is 0 Å². The van der Waals surface area contributed by atoms with Crippen LogP contribution in [-0.4, -0.2) is 0 Å². The molecule has 0 radical (unpaired) electrons. The molecule has 1 aliphatic carbocycles. The maximum Gasteiger partial charge on any atom is 0.0431 e. The highest BCUT2D eigenvalue weighted by molar-refractivity contribution is 7.23. The fourth-order valence-corrected chi connectivity index (χ4v) is 10.0. The summed E-state index contributed by atoms with van der Waals surface area (Å²) in [6.45, 7) is 4.78. The molecule has 48 heavy (non-hydrogen) atoms. The van der Waals surface area contributed by atoms with Crippen molar-refractivity contribution in [2.24, 2.45) is 0 Å². The summed E-state index contributed by atoms with van der Waals surface area (Å²) in [4.78, 5) is 1.43. The fourth-order valence-electron chi connectivity index (χ4n) is 8.51. The van der Waals surface area contributed by atoms with Crippen molar-refractivity contribution < 1.29 is 0 Å². The first kappa shape index (κ1) is 27.6. The summed E-state index contributed by atoms with van der Waals surface area (Å²) in [6.07, 6.45) is 0. The summed E-state index contributed by atoms with van der Waals surface area (Å²) in [6, 6.07) is 58.5. The van der Waals surface area contributed by atoms with Crippen molar-refractivity contribution in [3.05, 3.63) is 169 Å². The van der Waals surface area contributed by atoms with Crippen molar-refractivity contribution in [3.63, 3.8) is 0 Å². The largest absolute Gasteiger partial charge is 0.134 e. The molecule has 8 aromatic carbocycles. The molecule has 0 nitrogen and oxygen atoms in total. The van der Waals surface area contributed by atoms with E-state index in [9.17, 15) is 0 Å². The Labute approximate surface area is 284 Å². The lowest BCUT2D eigenvalue weighted by molar-refractivity contribution is 0.667. The Kier molecular flexibility index (Phi) is 5.89. The molecule has 0 fully saturated rings. The minimum absolute atomic E-state index is 0.0327. The van der Waals surface area contributed by atoms with Crippen LogP contribution in [0.15, 0.2) is 158 Å². The van der Waals surface area contributed by atoms with Crippen molar-refractivity contribution in [1.29, 1.82) is 0 Å². The van der Waals surface area contributed by atoms with Gasteiger partial charge < -0.3 is 0 Å². The zero-order chi connectivity index (χ0) is 32.0. The van der Waals surface area contributed by atoms with Crippen LogP contribution < -0.4 is 0 Å². The lowest BCUT2D eigenvalue weighted by Crippen LogP contribution is -2.14. The van der Waals surface area contributed by atoms with E-state index >= 15 is 0 Å². The first-order chi connectivity index (χ1) is 23.6. The van der Waals surface area contributed by atoms with Gasteiger partial charge >= 0.3 is 0 Å². The number of thiophene rings is 1. The number of fused-ring (bicyclic) bond motifs is 8. The maximum atomic E-state index is 2.39. The quantitative estimate of drug-likeness (QED) is 0.171. The highest BCUT2D eigenvalue weighted by Gasteiger charge is 2.39. The van der Waals surface area contributed by atoms with E-state index < -0.39 is 0 Å². The van der Waals surface area contributed by atoms with E-state index in [1.807, 2.05) is 11.3 Å². The smallest absolute Gasteiger partial charge is 0.0431 e. The highest BCUT2D eigenvalue weighted by Crippen LogP contribution is 2.57. The van der Waals surface area contributed by atoms with Crippen molar-refractivity contribution in [2.45, 2.75) is 19.3 Å². The Morgan fingerprint density at radius 3 is 1.62 bits per heavy atom. The Balaban J connectivity index is 1.21. The molecule has 10 rings (SSSR count). The number of benzene rings is 8. The summed E-state index contributed by atoms with van der Waals surface area (Å²) in [5, 5.41) is 9.11. The van der Waals surface area contributed by atoms with E-state index in [4.69, 9.17) is 0 Å². The van der Waals surface area contributed by atoms with Gasteiger partial charge in [0.15, 0.2) is 0 Å². The Bertz CT molecular complexity index is 2680. The maximum absolute atomic E-state index is 2.39.